The third-order valence-corrected chi connectivity index (χ3v) is 14.2. The highest BCUT2D eigenvalue weighted by Gasteiger charge is 2.38. The van der Waals surface area contributed by atoms with E-state index in [1.54, 1.807) is 0 Å². The highest BCUT2D eigenvalue weighted by molar-refractivity contribution is 7.56. The van der Waals surface area contributed by atoms with Gasteiger partial charge in [0, 0.05) is 40.4 Å². The van der Waals surface area contributed by atoms with Crippen molar-refractivity contribution in [1.29, 1.82) is 0 Å². The molecule has 4 aromatic carbocycles. The van der Waals surface area contributed by atoms with E-state index >= 15 is 0 Å². The van der Waals surface area contributed by atoms with Gasteiger partial charge in [0.25, 0.3) is 0 Å². The van der Waals surface area contributed by atoms with E-state index in [2.05, 4.69) is 161 Å². The van der Waals surface area contributed by atoms with E-state index in [4.69, 9.17) is 15.2 Å². The molecule has 3 N–H and O–H groups in total. The van der Waals surface area contributed by atoms with Gasteiger partial charge in [-0.2, -0.15) is 0 Å². The normalized spacial score (nSPS) is 18.7. The Labute approximate surface area is 344 Å². The van der Waals surface area contributed by atoms with E-state index in [-0.39, 0.29) is 33.2 Å². The van der Waals surface area contributed by atoms with Crippen LogP contribution in [0.4, 0.5) is 0 Å². The van der Waals surface area contributed by atoms with E-state index in [0.717, 1.165) is 37.3 Å². The fourth-order valence-electron chi connectivity index (χ4n) is 8.34. The second-order valence-electron chi connectivity index (χ2n) is 20.4. The number of hydrogen-bond acceptors (Lipinski definition) is 4. The Kier molecular flexibility index (Phi) is 13.7. The van der Waals surface area contributed by atoms with Crippen LogP contribution in [-0.4, -0.2) is 25.8 Å². The average molecular weight is 795 g/mol. The number of nitrogens with one attached hydrogen (secondary N) is 1. The summed E-state index contributed by atoms with van der Waals surface area (Å²) in [5.41, 5.74) is 14.9. The molecule has 1 saturated carbocycles. The largest absolute Gasteiger partial charge is 0.496 e. The molecule has 0 bridgehead atoms. The van der Waals surface area contributed by atoms with Gasteiger partial charge in [-0.05, 0) is 97.5 Å². The van der Waals surface area contributed by atoms with Crippen LogP contribution < -0.4 is 41.7 Å². The van der Waals surface area contributed by atoms with Gasteiger partial charge in [-0.25, -0.2) is 0 Å². The Hall–Kier alpha value is -2.74. The van der Waals surface area contributed by atoms with Crippen molar-refractivity contribution < 1.29 is 9.47 Å². The average Bonchev–Trinajstić information content (AvgIpc) is 3.10. The van der Waals surface area contributed by atoms with Crippen LogP contribution in [0, 0.1) is 0 Å². The van der Waals surface area contributed by atoms with Gasteiger partial charge in [0.2, 0.25) is 0 Å². The third kappa shape index (κ3) is 10.5. The second kappa shape index (κ2) is 17.2. The summed E-state index contributed by atoms with van der Waals surface area (Å²) in [5, 5.41) is 9.54. The van der Waals surface area contributed by atoms with Crippen molar-refractivity contribution in [3.05, 3.63) is 106 Å². The van der Waals surface area contributed by atoms with E-state index in [9.17, 15) is 0 Å². The summed E-state index contributed by atoms with van der Waals surface area (Å²) in [6.45, 7) is 28.3. The molecule has 0 spiro atoms. The maximum atomic E-state index is 7.58. The predicted molar refractivity (Wildman–Crippen MR) is 249 cm³/mol. The molecule has 0 heterocycles. The van der Waals surface area contributed by atoms with Crippen molar-refractivity contribution in [2.75, 3.05) is 14.2 Å². The van der Waals surface area contributed by atoms with Crippen molar-refractivity contribution >= 4 is 38.4 Å². The van der Waals surface area contributed by atoms with Gasteiger partial charge in [-0.3, -0.25) is 0 Å². The second-order valence-corrected chi connectivity index (χ2v) is 23.1. The Balaban J connectivity index is 1.41. The smallest absolute Gasteiger partial charge is 0.126 e. The molecular weight excluding hydrogens is 723 g/mol. The lowest BCUT2D eigenvalue weighted by atomic mass is 9.74. The molecule has 5 rings (SSSR count). The van der Waals surface area contributed by atoms with Crippen LogP contribution in [0.15, 0.2) is 72.8 Å². The Bertz CT molecular complexity index is 1900. The van der Waals surface area contributed by atoms with Crippen LogP contribution in [0.3, 0.4) is 0 Å². The molecule has 1 fully saturated rings. The summed E-state index contributed by atoms with van der Waals surface area (Å²) in [6, 6.07) is 27.8. The molecule has 4 atom stereocenters. The van der Waals surface area contributed by atoms with E-state index in [1.807, 2.05) is 14.2 Å². The van der Waals surface area contributed by atoms with E-state index in [0.29, 0.717) is 17.2 Å². The zero-order chi connectivity index (χ0) is 41.3. The quantitative estimate of drug-likeness (QED) is 0.149. The monoisotopic (exact) mass is 795 g/mol. The fraction of sp³-hybridized carbons (Fsp3) is 0.520. The number of ether oxygens (including phenoxy) is 2. The topological polar surface area (TPSA) is 56.5 Å². The van der Waals surface area contributed by atoms with Crippen LogP contribution in [-0.2, 0) is 34.6 Å². The minimum atomic E-state index is -0.331. The lowest BCUT2D eigenvalue weighted by molar-refractivity contribution is 0.213. The number of benzene rings is 4. The van der Waals surface area contributed by atoms with Crippen molar-refractivity contribution in [1.82, 2.24) is 5.32 Å². The molecule has 0 aromatic heterocycles. The Morgan fingerprint density at radius 3 is 1.41 bits per heavy atom. The zero-order valence-electron chi connectivity index (χ0n) is 37.1. The van der Waals surface area contributed by atoms with Gasteiger partial charge in [0.1, 0.15) is 11.5 Å². The summed E-state index contributed by atoms with van der Waals surface area (Å²) in [4.78, 5) is 0. The molecule has 2 unspecified atom stereocenters. The first-order valence-corrected chi connectivity index (χ1v) is 22.7. The molecule has 4 nitrogen and oxygen atoms in total. The first kappa shape index (κ1) is 44.4. The number of nitrogens with two attached hydrogens (primary N) is 1. The maximum absolute atomic E-state index is 7.58. The summed E-state index contributed by atoms with van der Waals surface area (Å²) >= 11 is 0. The molecular formula is C50H72N2O2P2. The van der Waals surface area contributed by atoms with Gasteiger partial charge in [-0.15, -0.1) is 0 Å². The van der Waals surface area contributed by atoms with Crippen LogP contribution in [0.25, 0.3) is 0 Å². The van der Waals surface area contributed by atoms with Crippen LogP contribution in [0.1, 0.15) is 142 Å². The standard InChI is InChI=1S/C50H72N2O2P2/c1-46(2,3)37-27-35(28-38(44(37)53-13)47(4,5)6)55-41-23-17-15-21-33(41)31-50(51)26-20-19-25-43(50)52-32-34-22-16-18-24-42(34)56-36-29-39(48(7,8)9)45(54-14)40(30-36)49(10,11)12/h15-18,21-24,27-30,43,52,55-56H,19-20,25-26,31-32,51H2,1-14H3/t43-,50-/m1/s1. The molecule has 6 heteroatoms. The van der Waals surface area contributed by atoms with Crippen molar-refractivity contribution in [2.45, 2.75) is 155 Å². The van der Waals surface area contributed by atoms with Crippen molar-refractivity contribution in [3.63, 3.8) is 0 Å². The minimum absolute atomic E-state index is 0.0309. The van der Waals surface area contributed by atoms with Crippen LogP contribution in [0.5, 0.6) is 11.5 Å². The van der Waals surface area contributed by atoms with Gasteiger partial charge in [0.15, 0.2) is 0 Å². The maximum Gasteiger partial charge on any atom is 0.126 e. The molecule has 1 aliphatic carbocycles. The lowest BCUT2D eigenvalue weighted by Crippen LogP contribution is -2.60. The van der Waals surface area contributed by atoms with Crippen LogP contribution >= 0.6 is 17.2 Å². The molecule has 304 valence electrons. The lowest BCUT2D eigenvalue weighted by Gasteiger charge is -2.42. The number of rotatable bonds is 11. The first-order chi connectivity index (χ1) is 26.0. The van der Waals surface area contributed by atoms with Gasteiger partial charge in [-0.1, -0.05) is 162 Å². The van der Waals surface area contributed by atoms with E-state index in [1.165, 1.54) is 67.4 Å². The van der Waals surface area contributed by atoms with Gasteiger partial charge in [0.05, 0.1) is 14.2 Å². The molecule has 0 radical (unpaired) electrons. The van der Waals surface area contributed by atoms with Gasteiger partial charge < -0.3 is 20.5 Å². The molecule has 0 aliphatic heterocycles. The number of methoxy groups -OCH3 is 2. The van der Waals surface area contributed by atoms with Crippen molar-refractivity contribution in [2.24, 2.45) is 5.73 Å². The third-order valence-electron chi connectivity index (χ3n) is 11.5. The first-order valence-electron chi connectivity index (χ1n) is 20.7. The summed E-state index contributed by atoms with van der Waals surface area (Å²) in [7, 11) is 4.72. The molecule has 56 heavy (non-hydrogen) atoms. The molecule has 4 aromatic rings. The Morgan fingerprint density at radius 1 is 0.607 bits per heavy atom. The summed E-state index contributed by atoms with van der Waals surface area (Å²) in [6.07, 6.45) is 5.35. The highest BCUT2D eigenvalue weighted by atomic mass is 31.1. The van der Waals surface area contributed by atoms with Crippen molar-refractivity contribution in [3.8, 4) is 11.5 Å². The molecule has 0 saturated heterocycles. The summed E-state index contributed by atoms with van der Waals surface area (Å²) < 4.78 is 12.2. The summed E-state index contributed by atoms with van der Waals surface area (Å²) in [5.74, 6) is 2.06. The van der Waals surface area contributed by atoms with E-state index < -0.39 is 0 Å². The van der Waals surface area contributed by atoms with Crippen LogP contribution in [0.2, 0.25) is 0 Å². The molecule has 0 amide bonds. The predicted octanol–water partition coefficient (Wildman–Crippen LogP) is 10.1. The number of hydrogen-bond donors (Lipinski definition) is 2. The highest BCUT2D eigenvalue weighted by Crippen LogP contribution is 2.42. The molecule has 1 aliphatic rings. The SMILES string of the molecule is COc1c(C(C)(C)C)cc(Pc2ccccc2CN[C@@H]2CCCC[C@@]2(N)Cc2ccccc2Pc2cc(C(C)(C)C)c(OC)c(C(C)(C)C)c2)cc1C(C)(C)C. The van der Waals surface area contributed by atoms with Gasteiger partial charge >= 0.3 is 0 Å². The Morgan fingerprint density at radius 2 is 1.00 bits per heavy atom. The fourth-order valence-corrected chi connectivity index (χ4v) is 10.9. The zero-order valence-corrected chi connectivity index (χ0v) is 39.1. The minimum Gasteiger partial charge on any atom is -0.496 e.